The Balaban J connectivity index is 2.10. The second-order valence-corrected chi connectivity index (χ2v) is 12.1. The summed E-state index contributed by atoms with van der Waals surface area (Å²) in [6.45, 7) is 16.9. The molecule has 220 valence electrons. The number of anilines is 1. The van der Waals surface area contributed by atoms with Crippen LogP contribution >= 0.6 is 0 Å². The maximum absolute atomic E-state index is 14.4. The number of hydrogen-bond donors (Lipinski definition) is 2. The summed E-state index contributed by atoms with van der Waals surface area (Å²) in [4.78, 5) is 43.2. The topological polar surface area (TPSA) is 87.7 Å². The number of alkyl carbamates (subject to hydrolysis) is 1. The molecule has 0 spiro atoms. The smallest absolute Gasteiger partial charge is 0.408 e. The average molecular weight is 560 g/mol. The molecule has 0 radical (unpaired) electrons. The minimum atomic E-state index is -0.924. The van der Waals surface area contributed by atoms with Crippen molar-refractivity contribution in [2.75, 3.05) is 5.32 Å². The lowest BCUT2D eigenvalue weighted by molar-refractivity contribution is -0.144. The Morgan fingerprint density at radius 1 is 0.878 bits per heavy atom. The molecule has 2 N–H and O–H groups in total. The van der Waals surface area contributed by atoms with Crippen LogP contribution in [-0.2, 0) is 14.3 Å². The summed E-state index contributed by atoms with van der Waals surface area (Å²) in [7, 11) is 0. The molecule has 3 atom stereocenters. The van der Waals surface area contributed by atoms with Gasteiger partial charge in [0, 0.05) is 11.7 Å². The van der Waals surface area contributed by atoms with Gasteiger partial charge in [0.1, 0.15) is 17.7 Å². The van der Waals surface area contributed by atoms with E-state index >= 15 is 0 Å². The largest absolute Gasteiger partial charge is 0.444 e. The Bertz CT molecular complexity index is 1370. The monoisotopic (exact) mass is 559 g/mol. The zero-order chi connectivity index (χ0) is 30.5. The number of benzene rings is 3. The molecular weight excluding hydrogens is 514 g/mol. The van der Waals surface area contributed by atoms with Crippen LogP contribution in [0, 0.1) is 19.8 Å². The molecule has 0 aliphatic heterocycles. The van der Waals surface area contributed by atoms with E-state index in [0.717, 1.165) is 27.5 Å². The summed E-state index contributed by atoms with van der Waals surface area (Å²) < 4.78 is 5.48. The first-order valence-corrected chi connectivity index (χ1v) is 14.4. The van der Waals surface area contributed by atoms with Gasteiger partial charge in [-0.2, -0.15) is 0 Å². The number of carbonyl (C=O) groups excluding carboxylic acids is 3. The molecule has 7 heteroatoms. The van der Waals surface area contributed by atoms with Crippen LogP contribution in [0.2, 0.25) is 0 Å². The fourth-order valence-corrected chi connectivity index (χ4v) is 5.04. The third kappa shape index (κ3) is 7.87. The molecule has 7 nitrogen and oxygen atoms in total. The molecule has 3 unspecified atom stereocenters. The van der Waals surface area contributed by atoms with Gasteiger partial charge < -0.3 is 20.3 Å². The van der Waals surface area contributed by atoms with Gasteiger partial charge in [0.2, 0.25) is 5.91 Å². The molecule has 41 heavy (non-hydrogen) atoms. The summed E-state index contributed by atoms with van der Waals surface area (Å²) >= 11 is 0. The number of nitrogens with zero attached hydrogens (tertiary/aromatic N) is 1. The molecule has 0 aromatic heterocycles. The Morgan fingerprint density at radius 3 is 2.05 bits per heavy atom. The fraction of sp³-hybridized carbons (Fsp3) is 0.441. The van der Waals surface area contributed by atoms with Crippen molar-refractivity contribution in [2.45, 2.75) is 92.5 Å². The molecule has 3 aromatic carbocycles. The highest BCUT2D eigenvalue weighted by Crippen LogP contribution is 2.33. The van der Waals surface area contributed by atoms with Gasteiger partial charge in [-0.1, -0.05) is 69.3 Å². The van der Waals surface area contributed by atoms with Crippen LogP contribution in [0.1, 0.15) is 77.6 Å². The second-order valence-electron chi connectivity index (χ2n) is 12.1. The molecule has 3 aromatic rings. The average Bonchev–Trinajstić information content (AvgIpc) is 2.89. The van der Waals surface area contributed by atoms with Crippen LogP contribution in [0.3, 0.4) is 0 Å². The first-order valence-electron chi connectivity index (χ1n) is 14.4. The van der Waals surface area contributed by atoms with E-state index in [9.17, 15) is 14.4 Å². The number of fused-ring (bicyclic) bond motifs is 1. The molecule has 0 aliphatic rings. The SMILES string of the molecule is CCC(C)N(C(=O)C(NC(=O)OC(C)(C)C)C(C)C)C(C(=O)Nc1ccc2ccccc2c1)c1c(C)cccc1C. The van der Waals surface area contributed by atoms with Crippen molar-refractivity contribution in [2.24, 2.45) is 5.92 Å². The second kappa shape index (κ2) is 13.2. The lowest BCUT2D eigenvalue weighted by Gasteiger charge is -2.40. The predicted molar refractivity (Wildman–Crippen MR) is 166 cm³/mol. The van der Waals surface area contributed by atoms with E-state index in [-0.39, 0.29) is 23.8 Å². The van der Waals surface area contributed by atoms with Gasteiger partial charge in [0.15, 0.2) is 0 Å². The number of nitrogens with one attached hydrogen (secondary N) is 2. The molecule has 3 rings (SSSR count). The van der Waals surface area contributed by atoms with Gasteiger partial charge >= 0.3 is 6.09 Å². The Morgan fingerprint density at radius 2 is 1.49 bits per heavy atom. The van der Waals surface area contributed by atoms with Crippen molar-refractivity contribution >= 4 is 34.4 Å². The summed E-state index contributed by atoms with van der Waals surface area (Å²) in [6, 6.07) is 17.5. The molecule has 0 fully saturated rings. The molecule has 0 saturated heterocycles. The first-order chi connectivity index (χ1) is 19.2. The van der Waals surface area contributed by atoms with Crippen molar-refractivity contribution in [3.8, 4) is 0 Å². The standard InChI is InChI=1S/C34H45N3O4/c1-10-24(6)37(32(39)29(21(2)3)36-33(40)41-34(7,8)9)30(28-22(4)14-13-15-23(28)5)31(38)35-27-19-18-25-16-11-12-17-26(25)20-27/h11-21,24,29-30H,10H2,1-9H3,(H,35,38)(H,36,40). The minimum absolute atomic E-state index is 0.247. The van der Waals surface area contributed by atoms with Crippen molar-refractivity contribution in [3.63, 3.8) is 0 Å². The summed E-state index contributed by atoms with van der Waals surface area (Å²) in [5.74, 6) is -0.892. The number of rotatable bonds is 9. The summed E-state index contributed by atoms with van der Waals surface area (Å²) in [5.41, 5.74) is 2.52. The maximum atomic E-state index is 14.4. The normalized spacial score (nSPS) is 13.8. The molecule has 0 heterocycles. The van der Waals surface area contributed by atoms with Crippen molar-refractivity contribution in [1.82, 2.24) is 10.2 Å². The predicted octanol–water partition coefficient (Wildman–Crippen LogP) is 7.31. The lowest BCUT2D eigenvalue weighted by atomic mass is 9.91. The van der Waals surface area contributed by atoms with Gasteiger partial charge in [-0.3, -0.25) is 9.59 Å². The minimum Gasteiger partial charge on any atom is -0.444 e. The Labute approximate surface area is 244 Å². The molecule has 0 bridgehead atoms. The highest BCUT2D eigenvalue weighted by Gasteiger charge is 2.40. The van der Waals surface area contributed by atoms with E-state index < -0.39 is 23.8 Å². The molecule has 3 amide bonds. The Hall–Kier alpha value is -3.87. The van der Waals surface area contributed by atoms with E-state index in [1.807, 2.05) is 102 Å². The van der Waals surface area contributed by atoms with E-state index in [1.165, 1.54) is 0 Å². The quantitative estimate of drug-likeness (QED) is 0.288. The van der Waals surface area contributed by atoms with Crippen molar-refractivity contribution < 1.29 is 19.1 Å². The highest BCUT2D eigenvalue weighted by atomic mass is 16.6. The van der Waals surface area contributed by atoms with Crippen LogP contribution in [0.4, 0.5) is 10.5 Å². The number of aryl methyl sites for hydroxylation is 2. The first kappa shape index (κ1) is 31.7. The fourth-order valence-electron chi connectivity index (χ4n) is 5.04. The lowest BCUT2D eigenvalue weighted by Crippen LogP contribution is -2.56. The Kier molecular flexibility index (Phi) is 10.2. The van der Waals surface area contributed by atoms with E-state index in [1.54, 1.807) is 25.7 Å². The van der Waals surface area contributed by atoms with E-state index in [2.05, 4.69) is 10.6 Å². The molecular formula is C34H45N3O4. The van der Waals surface area contributed by atoms with Crippen LogP contribution in [-0.4, -0.2) is 40.5 Å². The van der Waals surface area contributed by atoms with Crippen molar-refractivity contribution in [1.29, 1.82) is 0 Å². The van der Waals surface area contributed by atoms with E-state index in [0.29, 0.717) is 12.1 Å². The van der Waals surface area contributed by atoms with Gasteiger partial charge in [-0.15, -0.1) is 0 Å². The van der Waals surface area contributed by atoms with Crippen LogP contribution < -0.4 is 10.6 Å². The van der Waals surface area contributed by atoms with Crippen LogP contribution in [0.15, 0.2) is 60.7 Å². The number of amides is 3. The number of carbonyl (C=O) groups is 3. The van der Waals surface area contributed by atoms with Crippen molar-refractivity contribution in [3.05, 3.63) is 77.4 Å². The number of ether oxygens (including phenoxy) is 1. The molecule has 0 saturated carbocycles. The van der Waals surface area contributed by atoms with Gasteiger partial charge in [0.25, 0.3) is 5.91 Å². The summed E-state index contributed by atoms with van der Waals surface area (Å²) in [5, 5.41) is 7.96. The molecule has 0 aliphatic carbocycles. The van der Waals surface area contributed by atoms with Crippen LogP contribution in [0.5, 0.6) is 0 Å². The maximum Gasteiger partial charge on any atom is 0.408 e. The van der Waals surface area contributed by atoms with Gasteiger partial charge in [0.05, 0.1) is 0 Å². The van der Waals surface area contributed by atoms with Crippen LogP contribution in [0.25, 0.3) is 10.8 Å². The zero-order valence-corrected chi connectivity index (χ0v) is 25.9. The zero-order valence-electron chi connectivity index (χ0n) is 25.9. The van der Waals surface area contributed by atoms with Gasteiger partial charge in [-0.05, 0) is 93.5 Å². The third-order valence-corrected chi connectivity index (χ3v) is 7.28. The van der Waals surface area contributed by atoms with E-state index in [4.69, 9.17) is 4.74 Å². The number of hydrogen-bond acceptors (Lipinski definition) is 4. The highest BCUT2D eigenvalue weighted by molar-refractivity contribution is 6.01. The van der Waals surface area contributed by atoms with Gasteiger partial charge in [-0.25, -0.2) is 4.79 Å². The third-order valence-electron chi connectivity index (χ3n) is 7.28. The summed E-state index contributed by atoms with van der Waals surface area (Å²) in [6.07, 6.45) is -0.0499.